The fourth-order valence-electron chi connectivity index (χ4n) is 3.08. The number of rotatable bonds is 4. The quantitative estimate of drug-likeness (QED) is 0.831. The number of alkyl halides is 3. The molecule has 150 valence electrons. The van der Waals surface area contributed by atoms with Gasteiger partial charge < -0.3 is 15.3 Å². The van der Waals surface area contributed by atoms with Gasteiger partial charge in [-0.2, -0.15) is 18.3 Å². The fraction of sp³-hybridized carbons (Fsp3) is 0.389. The third kappa shape index (κ3) is 4.62. The highest BCUT2D eigenvalue weighted by Gasteiger charge is 2.34. The summed E-state index contributed by atoms with van der Waals surface area (Å²) in [6.07, 6.45) is -2.11. The monoisotopic (exact) mass is 396 g/mol. The Kier molecular flexibility index (Phi) is 5.57. The number of piperidine rings is 1. The molecule has 1 aromatic carbocycles. The highest BCUT2D eigenvalue weighted by molar-refractivity contribution is 5.87. The Morgan fingerprint density at radius 1 is 1.14 bits per heavy atom. The number of amides is 2. The van der Waals surface area contributed by atoms with E-state index in [0.29, 0.717) is 25.9 Å². The first-order valence-corrected chi connectivity index (χ1v) is 8.71. The first-order chi connectivity index (χ1) is 13.2. The van der Waals surface area contributed by atoms with E-state index in [1.807, 2.05) is 0 Å². The maximum absolute atomic E-state index is 12.7. The standard InChI is InChI=1S/C18H19F3N4O3/c19-18(20,21)15-7-10-25(23-15)14-5-8-24(9-6-14)17(28)22-11-12-1-3-13(4-2-12)16(26)27/h1-4,7,10,14H,5-6,8-9,11H2,(H,22,28)(H,26,27). The number of hydrogen-bond acceptors (Lipinski definition) is 3. The molecule has 0 radical (unpaired) electrons. The summed E-state index contributed by atoms with van der Waals surface area (Å²) in [6.45, 7) is 1.08. The van der Waals surface area contributed by atoms with E-state index in [4.69, 9.17) is 5.11 Å². The van der Waals surface area contributed by atoms with Gasteiger partial charge in [0.2, 0.25) is 0 Å². The zero-order chi connectivity index (χ0) is 20.3. The molecular weight excluding hydrogens is 377 g/mol. The van der Waals surface area contributed by atoms with Crippen LogP contribution in [0.2, 0.25) is 0 Å². The molecule has 0 spiro atoms. The molecule has 0 aliphatic carbocycles. The van der Waals surface area contributed by atoms with Gasteiger partial charge in [-0.25, -0.2) is 9.59 Å². The first-order valence-electron chi connectivity index (χ1n) is 8.71. The molecule has 28 heavy (non-hydrogen) atoms. The van der Waals surface area contributed by atoms with Crippen LogP contribution in [0, 0.1) is 0 Å². The molecule has 0 atom stereocenters. The normalized spacial score (nSPS) is 15.5. The molecule has 0 unspecified atom stereocenters. The Labute approximate surface area is 158 Å². The lowest BCUT2D eigenvalue weighted by molar-refractivity contribution is -0.141. The molecule has 3 rings (SSSR count). The Morgan fingerprint density at radius 3 is 2.32 bits per heavy atom. The third-order valence-electron chi connectivity index (χ3n) is 4.67. The van der Waals surface area contributed by atoms with Crippen molar-refractivity contribution in [3.05, 3.63) is 53.3 Å². The van der Waals surface area contributed by atoms with Gasteiger partial charge in [-0.05, 0) is 36.6 Å². The van der Waals surface area contributed by atoms with Crippen molar-refractivity contribution < 1.29 is 27.9 Å². The summed E-state index contributed by atoms with van der Waals surface area (Å²) in [7, 11) is 0. The molecule has 2 aromatic rings. The van der Waals surface area contributed by atoms with Crippen molar-refractivity contribution >= 4 is 12.0 Å². The number of nitrogens with zero attached hydrogens (tertiary/aromatic N) is 3. The summed E-state index contributed by atoms with van der Waals surface area (Å²) in [4.78, 5) is 24.7. The number of carbonyl (C=O) groups excluding carboxylic acids is 1. The van der Waals surface area contributed by atoms with Gasteiger partial charge in [0, 0.05) is 25.8 Å². The highest BCUT2D eigenvalue weighted by atomic mass is 19.4. The maximum Gasteiger partial charge on any atom is 0.435 e. The van der Waals surface area contributed by atoms with E-state index in [1.165, 1.54) is 23.0 Å². The second kappa shape index (κ2) is 7.91. The average Bonchev–Trinajstić information content (AvgIpc) is 3.17. The Balaban J connectivity index is 1.48. The van der Waals surface area contributed by atoms with Crippen molar-refractivity contribution in [2.24, 2.45) is 0 Å². The van der Waals surface area contributed by atoms with E-state index in [2.05, 4.69) is 10.4 Å². The zero-order valence-electron chi connectivity index (χ0n) is 14.8. The van der Waals surface area contributed by atoms with Gasteiger partial charge in [0.05, 0.1) is 11.6 Å². The molecule has 10 heteroatoms. The van der Waals surface area contributed by atoms with Crippen LogP contribution in [0.3, 0.4) is 0 Å². The minimum absolute atomic E-state index is 0.171. The van der Waals surface area contributed by atoms with Gasteiger partial charge in [-0.15, -0.1) is 0 Å². The first kappa shape index (κ1) is 19.7. The van der Waals surface area contributed by atoms with Crippen LogP contribution >= 0.6 is 0 Å². The van der Waals surface area contributed by atoms with E-state index in [1.54, 1.807) is 17.0 Å². The predicted molar refractivity (Wildman–Crippen MR) is 92.7 cm³/mol. The van der Waals surface area contributed by atoms with Crippen LogP contribution in [0.5, 0.6) is 0 Å². The summed E-state index contributed by atoms with van der Waals surface area (Å²) in [5, 5.41) is 15.2. The van der Waals surface area contributed by atoms with Crippen molar-refractivity contribution in [1.29, 1.82) is 0 Å². The number of carbonyl (C=O) groups is 2. The topological polar surface area (TPSA) is 87.5 Å². The van der Waals surface area contributed by atoms with Crippen LogP contribution in [0.4, 0.5) is 18.0 Å². The molecule has 0 saturated carbocycles. The van der Waals surface area contributed by atoms with E-state index in [0.717, 1.165) is 11.6 Å². The number of aromatic nitrogens is 2. The number of halogens is 3. The van der Waals surface area contributed by atoms with Crippen molar-refractivity contribution in [2.75, 3.05) is 13.1 Å². The smallest absolute Gasteiger partial charge is 0.435 e. The molecule has 1 aromatic heterocycles. The molecule has 0 bridgehead atoms. The molecule has 1 aliphatic rings. The number of carboxylic acid groups (broad SMARTS) is 1. The minimum atomic E-state index is -4.46. The highest BCUT2D eigenvalue weighted by Crippen LogP contribution is 2.29. The largest absolute Gasteiger partial charge is 0.478 e. The zero-order valence-corrected chi connectivity index (χ0v) is 14.8. The summed E-state index contributed by atoms with van der Waals surface area (Å²) in [5.41, 5.74) is 0.0236. The SMILES string of the molecule is O=C(O)c1ccc(CNC(=O)N2CCC(n3ccc(C(F)(F)F)n3)CC2)cc1. The van der Waals surface area contributed by atoms with Gasteiger partial charge in [0.15, 0.2) is 5.69 Å². The Hall–Kier alpha value is -3.04. The van der Waals surface area contributed by atoms with Crippen molar-refractivity contribution in [2.45, 2.75) is 31.6 Å². The Morgan fingerprint density at radius 2 is 1.79 bits per heavy atom. The van der Waals surface area contributed by atoms with Gasteiger partial charge in [-0.3, -0.25) is 4.68 Å². The molecule has 1 saturated heterocycles. The van der Waals surface area contributed by atoms with Crippen molar-refractivity contribution in [3.63, 3.8) is 0 Å². The molecular formula is C18H19F3N4O3. The number of hydrogen-bond donors (Lipinski definition) is 2. The van der Waals surface area contributed by atoms with Gasteiger partial charge >= 0.3 is 18.2 Å². The summed E-state index contributed by atoms with van der Waals surface area (Å²) >= 11 is 0. The second-order valence-corrected chi connectivity index (χ2v) is 6.56. The van der Waals surface area contributed by atoms with Crippen LogP contribution < -0.4 is 5.32 Å². The van der Waals surface area contributed by atoms with Gasteiger partial charge in [0.1, 0.15) is 0 Å². The fourth-order valence-corrected chi connectivity index (χ4v) is 3.08. The molecule has 2 amide bonds. The number of nitrogens with one attached hydrogen (secondary N) is 1. The Bertz CT molecular complexity index is 841. The lowest BCUT2D eigenvalue weighted by Gasteiger charge is -2.32. The summed E-state index contributed by atoms with van der Waals surface area (Å²) in [5.74, 6) is -1.02. The van der Waals surface area contributed by atoms with Gasteiger partial charge in [-0.1, -0.05) is 12.1 Å². The van der Waals surface area contributed by atoms with E-state index >= 15 is 0 Å². The van der Waals surface area contributed by atoms with E-state index < -0.39 is 17.8 Å². The van der Waals surface area contributed by atoms with E-state index in [9.17, 15) is 22.8 Å². The number of urea groups is 1. The van der Waals surface area contributed by atoms with Crippen molar-refractivity contribution in [1.82, 2.24) is 20.0 Å². The van der Waals surface area contributed by atoms with Crippen LogP contribution in [0.15, 0.2) is 36.5 Å². The number of carboxylic acids is 1. The molecule has 1 fully saturated rings. The lowest BCUT2D eigenvalue weighted by atomic mass is 10.1. The van der Waals surface area contributed by atoms with Crippen LogP contribution in [-0.4, -0.2) is 44.9 Å². The molecule has 1 aliphatic heterocycles. The molecule has 7 nitrogen and oxygen atoms in total. The maximum atomic E-state index is 12.7. The van der Waals surface area contributed by atoms with Crippen molar-refractivity contribution in [3.8, 4) is 0 Å². The third-order valence-corrected chi connectivity index (χ3v) is 4.67. The number of likely N-dealkylation sites (tertiary alicyclic amines) is 1. The lowest BCUT2D eigenvalue weighted by Crippen LogP contribution is -2.44. The summed E-state index contributed by atoms with van der Waals surface area (Å²) in [6, 6.07) is 6.70. The van der Waals surface area contributed by atoms with Crippen LogP contribution in [0.25, 0.3) is 0 Å². The number of benzene rings is 1. The van der Waals surface area contributed by atoms with Gasteiger partial charge in [0.25, 0.3) is 0 Å². The van der Waals surface area contributed by atoms with E-state index in [-0.39, 0.29) is 24.2 Å². The second-order valence-electron chi connectivity index (χ2n) is 6.56. The minimum Gasteiger partial charge on any atom is -0.478 e. The molecule has 2 heterocycles. The number of aromatic carboxylic acids is 1. The summed E-state index contributed by atoms with van der Waals surface area (Å²) < 4.78 is 39.3. The van der Waals surface area contributed by atoms with Crippen LogP contribution in [0.1, 0.15) is 40.5 Å². The molecule has 2 N–H and O–H groups in total. The average molecular weight is 396 g/mol. The van der Waals surface area contributed by atoms with Crippen LogP contribution in [-0.2, 0) is 12.7 Å². The predicted octanol–water partition coefficient (Wildman–Crippen LogP) is 3.15.